The van der Waals surface area contributed by atoms with Gasteiger partial charge in [0.05, 0.1) is 6.04 Å². The van der Waals surface area contributed by atoms with Gasteiger partial charge in [0.2, 0.25) is 5.91 Å². The molecule has 0 bridgehead atoms. The lowest BCUT2D eigenvalue weighted by Crippen LogP contribution is -2.26. The van der Waals surface area contributed by atoms with E-state index in [4.69, 9.17) is 0 Å². The highest BCUT2D eigenvalue weighted by Crippen LogP contribution is 2.11. The zero-order chi connectivity index (χ0) is 13.5. The average molecular weight is 253 g/mol. The van der Waals surface area contributed by atoms with Crippen LogP contribution in [0.1, 0.15) is 30.5 Å². The van der Waals surface area contributed by atoms with Crippen LogP contribution in [-0.4, -0.2) is 5.91 Å². The molecule has 98 valence electrons. The third kappa shape index (κ3) is 4.25. The van der Waals surface area contributed by atoms with Crippen molar-refractivity contribution in [1.29, 1.82) is 0 Å². The number of nitrogens with one attached hydrogen (secondary N) is 1. The summed E-state index contributed by atoms with van der Waals surface area (Å²) in [6.07, 6.45) is 1.31. The van der Waals surface area contributed by atoms with Crippen LogP contribution in [0.25, 0.3) is 0 Å². The van der Waals surface area contributed by atoms with E-state index in [0.717, 1.165) is 12.0 Å². The molecule has 2 aromatic rings. The van der Waals surface area contributed by atoms with Crippen LogP contribution in [0.4, 0.5) is 0 Å². The molecule has 0 aliphatic rings. The van der Waals surface area contributed by atoms with Crippen molar-refractivity contribution in [2.45, 2.75) is 25.8 Å². The Bertz CT molecular complexity index is 507. The molecule has 0 spiro atoms. The Labute approximate surface area is 114 Å². The fraction of sp³-hybridized carbons (Fsp3) is 0.235. The number of carbonyl (C=O) groups is 1. The summed E-state index contributed by atoms with van der Waals surface area (Å²) < 4.78 is 0. The van der Waals surface area contributed by atoms with Gasteiger partial charge in [0, 0.05) is 6.42 Å². The summed E-state index contributed by atoms with van der Waals surface area (Å²) in [5, 5.41) is 3.03. The van der Waals surface area contributed by atoms with E-state index < -0.39 is 0 Å². The first-order chi connectivity index (χ1) is 9.25. The van der Waals surface area contributed by atoms with Gasteiger partial charge in [-0.15, -0.1) is 0 Å². The molecule has 0 saturated heterocycles. The van der Waals surface area contributed by atoms with E-state index in [-0.39, 0.29) is 11.9 Å². The third-order valence-electron chi connectivity index (χ3n) is 3.16. The van der Waals surface area contributed by atoms with Gasteiger partial charge in [0.15, 0.2) is 0 Å². The first kappa shape index (κ1) is 13.3. The van der Waals surface area contributed by atoms with E-state index in [1.807, 2.05) is 67.6 Å². The maximum atomic E-state index is 11.9. The molecule has 19 heavy (non-hydrogen) atoms. The quantitative estimate of drug-likeness (QED) is 0.868. The van der Waals surface area contributed by atoms with Crippen molar-refractivity contribution in [3.63, 3.8) is 0 Å². The Morgan fingerprint density at radius 1 is 1.00 bits per heavy atom. The Balaban J connectivity index is 1.82. The standard InChI is InChI=1S/C17H19NO/c1-14(16-10-6-3-7-11-16)18-17(19)13-12-15-8-4-2-5-9-15/h2-11,14H,12-13H2,1H3,(H,18,19). The summed E-state index contributed by atoms with van der Waals surface area (Å²) in [6.45, 7) is 2.01. The van der Waals surface area contributed by atoms with Crippen molar-refractivity contribution in [2.75, 3.05) is 0 Å². The predicted molar refractivity (Wildman–Crippen MR) is 77.8 cm³/mol. The lowest BCUT2D eigenvalue weighted by atomic mass is 10.1. The van der Waals surface area contributed by atoms with Crippen LogP contribution < -0.4 is 5.32 Å². The predicted octanol–water partition coefficient (Wildman–Crippen LogP) is 3.50. The minimum Gasteiger partial charge on any atom is -0.350 e. The summed E-state index contributed by atoms with van der Waals surface area (Å²) >= 11 is 0. The summed E-state index contributed by atoms with van der Waals surface area (Å²) in [7, 11) is 0. The van der Waals surface area contributed by atoms with Crippen molar-refractivity contribution < 1.29 is 4.79 Å². The van der Waals surface area contributed by atoms with Gasteiger partial charge in [-0.05, 0) is 24.5 Å². The SMILES string of the molecule is CC(NC(=O)CCc1ccccc1)c1ccccc1. The Hall–Kier alpha value is -2.09. The molecule has 0 heterocycles. The average Bonchev–Trinajstić information content (AvgIpc) is 2.47. The van der Waals surface area contributed by atoms with Gasteiger partial charge in [-0.3, -0.25) is 4.79 Å². The Morgan fingerprint density at radius 3 is 2.21 bits per heavy atom. The zero-order valence-electron chi connectivity index (χ0n) is 11.2. The number of hydrogen-bond donors (Lipinski definition) is 1. The maximum absolute atomic E-state index is 11.9. The summed E-state index contributed by atoms with van der Waals surface area (Å²) in [5.74, 6) is 0.0974. The molecule has 0 radical (unpaired) electrons. The molecule has 1 atom stereocenters. The van der Waals surface area contributed by atoms with Crippen molar-refractivity contribution >= 4 is 5.91 Å². The second kappa shape index (κ2) is 6.74. The van der Waals surface area contributed by atoms with Gasteiger partial charge in [0.1, 0.15) is 0 Å². The fourth-order valence-corrected chi connectivity index (χ4v) is 2.04. The lowest BCUT2D eigenvalue weighted by molar-refractivity contribution is -0.121. The normalized spacial score (nSPS) is 11.8. The van der Waals surface area contributed by atoms with Crippen LogP contribution in [0, 0.1) is 0 Å². The van der Waals surface area contributed by atoms with Crippen LogP contribution >= 0.6 is 0 Å². The second-order valence-corrected chi connectivity index (χ2v) is 4.69. The first-order valence-electron chi connectivity index (χ1n) is 6.64. The fourth-order valence-electron chi connectivity index (χ4n) is 2.04. The van der Waals surface area contributed by atoms with E-state index >= 15 is 0 Å². The summed E-state index contributed by atoms with van der Waals surface area (Å²) in [6, 6.07) is 20.2. The monoisotopic (exact) mass is 253 g/mol. The van der Waals surface area contributed by atoms with E-state index in [2.05, 4.69) is 5.32 Å². The number of benzene rings is 2. The summed E-state index contributed by atoms with van der Waals surface area (Å²) in [4.78, 5) is 11.9. The molecule has 0 saturated carbocycles. The zero-order valence-corrected chi connectivity index (χ0v) is 11.2. The van der Waals surface area contributed by atoms with Crippen molar-refractivity contribution in [2.24, 2.45) is 0 Å². The minimum atomic E-state index is 0.0597. The Kier molecular flexibility index (Phi) is 4.73. The number of rotatable bonds is 5. The number of hydrogen-bond acceptors (Lipinski definition) is 1. The number of amides is 1. The molecule has 1 amide bonds. The maximum Gasteiger partial charge on any atom is 0.220 e. The van der Waals surface area contributed by atoms with Crippen molar-refractivity contribution in [1.82, 2.24) is 5.32 Å². The summed E-state index contributed by atoms with van der Waals surface area (Å²) in [5.41, 5.74) is 2.33. The minimum absolute atomic E-state index is 0.0597. The topological polar surface area (TPSA) is 29.1 Å². The van der Waals surface area contributed by atoms with Crippen molar-refractivity contribution in [3.05, 3.63) is 71.8 Å². The number of aryl methyl sites for hydroxylation is 1. The largest absolute Gasteiger partial charge is 0.350 e. The van der Waals surface area contributed by atoms with Gasteiger partial charge in [-0.25, -0.2) is 0 Å². The molecule has 2 rings (SSSR count). The molecule has 1 N–H and O–H groups in total. The molecule has 0 aliphatic heterocycles. The Morgan fingerprint density at radius 2 is 1.58 bits per heavy atom. The highest BCUT2D eigenvalue weighted by atomic mass is 16.1. The molecule has 0 aliphatic carbocycles. The van der Waals surface area contributed by atoms with Crippen molar-refractivity contribution in [3.8, 4) is 0 Å². The smallest absolute Gasteiger partial charge is 0.220 e. The molecule has 2 nitrogen and oxygen atoms in total. The van der Waals surface area contributed by atoms with Crippen LogP contribution in [0.15, 0.2) is 60.7 Å². The van der Waals surface area contributed by atoms with Crippen LogP contribution in [0.3, 0.4) is 0 Å². The van der Waals surface area contributed by atoms with Gasteiger partial charge in [-0.1, -0.05) is 60.7 Å². The second-order valence-electron chi connectivity index (χ2n) is 4.69. The molecule has 0 aromatic heterocycles. The molecule has 0 fully saturated rings. The lowest BCUT2D eigenvalue weighted by Gasteiger charge is -2.14. The van der Waals surface area contributed by atoms with Crippen LogP contribution in [-0.2, 0) is 11.2 Å². The highest BCUT2D eigenvalue weighted by Gasteiger charge is 2.08. The molecular formula is C17H19NO. The van der Waals surface area contributed by atoms with Crippen LogP contribution in [0.5, 0.6) is 0 Å². The molecule has 2 heteroatoms. The van der Waals surface area contributed by atoms with Gasteiger partial charge in [0.25, 0.3) is 0 Å². The molecular weight excluding hydrogens is 234 g/mol. The van der Waals surface area contributed by atoms with Gasteiger partial charge in [-0.2, -0.15) is 0 Å². The first-order valence-corrected chi connectivity index (χ1v) is 6.64. The molecule has 2 aromatic carbocycles. The van der Waals surface area contributed by atoms with E-state index in [0.29, 0.717) is 6.42 Å². The van der Waals surface area contributed by atoms with Gasteiger partial charge >= 0.3 is 0 Å². The van der Waals surface area contributed by atoms with Gasteiger partial charge < -0.3 is 5.32 Å². The highest BCUT2D eigenvalue weighted by molar-refractivity contribution is 5.76. The van der Waals surface area contributed by atoms with E-state index in [9.17, 15) is 4.79 Å². The molecule has 1 unspecified atom stereocenters. The van der Waals surface area contributed by atoms with Crippen LogP contribution in [0.2, 0.25) is 0 Å². The third-order valence-corrected chi connectivity index (χ3v) is 3.16. The van der Waals surface area contributed by atoms with E-state index in [1.165, 1.54) is 5.56 Å². The number of carbonyl (C=O) groups excluding carboxylic acids is 1. The van der Waals surface area contributed by atoms with E-state index in [1.54, 1.807) is 0 Å².